The Kier molecular flexibility index (Phi) is 5.53. The molecule has 3 saturated heterocycles. The molecule has 2 atom stereocenters. The van der Waals surface area contributed by atoms with E-state index in [4.69, 9.17) is 9.47 Å². The fourth-order valence-electron chi connectivity index (χ4n) is 4.36. The molecule has 6 heteroatoms. The fraction of sp³-hybridized carbons (Fsp3) is 0.391. The van der Waals surface area contributed by atoms with E-state index in [1.54, 1.807) is 48.5 Å². The molecule has 3 heterocycles. The molecule has 152 valence electrons. The topological polar surface area (TPSA) is 67.9 Å². The van der Waals surface area contributed by atoms with Crippen molar-refractivity contribution in [2.45, 2.75) is 38.8 Å². The van der Waals surface area contributed by atoms with Crippen LogP contribution in [0.2, 0.25) is 0 Å². The van der Waals surface area contributed by atoms with Crippen molar-refractivity contribution >= 4 is 11.9 Å². The van der Waals surface area contributed by atoms with E-state index >= 15 is 0 Å². The van der Waals surface area contributed by atoms with Gasteiger partial charge in [-0.15, -0.1) is 0 Å². The molecule has 0 saturated carbocycles. The van der Waals surface area contributed by atoms with Crippen LogP contribution in [0.15, 0.2) is 48.5 Å². The van der Waals surface area contributed by atoms with Gasteiger partial charge in [0.2, 0.25) is 0 Å². The van der Waals surface area contributed by atoms with E-state index in [1.165, 1.54) is 6.92 Å². The molecule has 2 bridgehead atoms. The minimum absolute atomic E-state index is 0.0426. The third-order valence-electron chi connectivity index (χ3n) is 5.89. The first-order chi connectivity index (χ1) is 14.0. The van der Waals surface area contributed by atoms with Crippen molar-refractivity contribution in [2.75, 3.05) is 13.1 Å². The van der Waals surface area contributed by atoms with Gasteiger partial charge in [0.1, 0.15) is 17.2 Å². The number of hydrogen-bond acceptors (Lipinski definition) is 5. The van der Waals surface area contributed by atoms with Gasteiger partial charge in [-0.25, -0.2) is 0 Å². The lowest BCUT2D eigenvalue weighted by atomic mass is 9.79. The van der Waals surface area contributed by atoms with Crippen molar-refractivity contribution < 1.29 is 19.1 Å². The third-order valence-corrected chi connectivity index (χ3v) is 5.89. The second-order valence-electron chi connectivity index (χ2n) is 7.81. The molecule has 2 aromatic carbocycles. The number of benzene rings is 2. The van der Waals surface area contributed by atoms with Gasteiger partial charge in [0.05, 0.1) is 0 Å². The van der Waals surface area contributed by atoms with Crippen LogP contribution in [0, 0.1) is 5.92 Å². The highest BCUT2D eigenvalue weighted by atomic mass is 16.5. The minimum Gasteiger partial charge on any atom is -0.457 e. The smallest absolute Gasteiger partial charge is 0.308 e. The molecule has 5 rings (SSSR count). The van der Waals surface area contributed by atoms with Crippen LogP contribution in [-0.4, -0.2) is 41.9 Å². The largest absolute Gasteiger partial charge is 0.457 e. The fourth-order valence-corrected chi connectivity index (χ4v) is 4.36. The van der Waals surface area contributed by atoms with Crippen molar-refractivity contribution in [1.29, 1.82) is 0 Å². The number of carbonyl (C=O) groups excluding carboxylic acids is 2. The molecule has 0 unspecified atom stereocenters. The Morgan fingerprint density at radius 1 is 1.00 bits per heavy atom. The molecule has 1 amide bonds. The number of esters is 1. The Morgan fingerprint density at radius 3 is 2.34 bits per heavy atom. The molecular formula is C23H26N2O4. The molecule has 3 aliphatic heterocycles. The Hall–Kier alpha value is -2.86. The van der Waals surface area contributed by atoms with Gasteiger partial charge in [-0.2, -0.15) is 0 Å². The number of hydrogen-bond donors (Lipinski definition) is 1. The minimum atomic E-state index is -0.380. The SMILES string of the molecule is CC(=O)Oc1cccc(Oc2ccc(C(=O)N[C@@H]3C4CCN(CC4)[C@H]3C)cc2)c1. The average Bonchev–Trinajstić information content (AvgIpc) is 2.71. The summed E-state index contributed by atoms with van der Waals surface area (Å²) >= 11 is 0. The monoisotopic (exact) mass is 394 g/mol. The summed E-state index contributed by atoms with van der Waals surface area (Å²) < 4.78 is 10.9. The van der Waals surface area contributed by atoms with Gasteiger partial charge >= 0.3 is 5.97 Å². The van der Waals surface area contributed by atoms with Gasteiger partial charge in [0.25, 0.3) is 5.91 Å². The predicted molar refractivity (Wildman–Crippen MR) is 109 cm³/mol. The number of nitrogens with zero attached hydrogens (tertiary/aromatic N) is 1. The highest BCUT2D eigenvalue weighted by Crippen LogP contribution is 2.32. The molecule has 2 aromatic rings. The number of fused-ring (bicyclic) bond motifs is 3. The van der Waals surface area contributed by atoms with E-state index < -0.39 is 0 Å². The van der Waals surface area contributed by atoms with Crippen LogP contribution in [0.3, 0.4) is 0 Å². The van der Waals surface area contributed by atoms with Crippen LogP contribution in [0.1, 0.15) is 37.0 Å². The van der Waals surface area contributed by atoms with Crippen molar-refractivity contribution in [1.82, 2.24) is 10.2 Å². The Bertz CT molecular complexity index is 886. The maximum absolute atomic E-state index is 12.7. The summed E-state index contributed by atoms with van der Waals surface area (Å²) in [5.74, 6) is 1.75. The number of rotatable bonds is 5. The van der Waals surface area contributed by atoms with Crippen LogP contribution in [-0.2, 0) is 4.79 Å². The zero-order valence-corrected chi connectivity index (χ0v) is 16.8. The first-order valence-electron chi connectivity index (χ1n) is 10.1. The summed E-state index contributed by atoms with van der Waals surface area (Å²) in [6.45, 7) is 5.84. The summed E-state index contributed by atoms with van der Waals surface area (Å²) in [4.78, 5) is 26.3. The van der Waals surface area contributed by atoms with Gasteiger partial charge in [0, 0.05) is 30.6 Å². The van der Waals surface area contributed by atoms with E-state index in [0.717, 1.165) is 25.9 Å². The maximum atomic E-state index is 12.7. The number of carbonyl (C=O) groups is 2. The molecule has 0 radical (unpaired) electrons. The van der Waals surface area contributed by atoms with Crippen LogP contribution in [0.5, 0.6) is 17.2 Å². The van der Waals surface area contributed by atoms with Crippen LogP contribution in [0.25, 0.3) is 0 Å². The molecule has 1 N–H and O–H groups in total. The normalized spacial score (nSPS) is 25.3. The van der Waals surface area contributed by atoms with E-state index in [2.05, 4.69) is 17.1 Å². The van der Waals surface area contributed by atoms with Crippen molar-refractivity contribution in [3.05, 3.63) is 54.1 Å². The molecule has 0 aromatic heterocycles. The second-order valence-corrected chi connectivity index (χ2v) is 7.81. The molecule has 3 fully saturated rings. The van der Waals surface area contributed by atoms with Gasteiger partial charge in [-0.05, 0) is 75.2 Å². The summed E-state index contributed by atoms with van der Waals surface area (Å²) in [6.07, 6.45) is 2.32. The lowest BCUT2D eigenvalue weighted by Crippen LogP contribution is -2.62. The Morgan fingerprint density at radius 2 is 1.69 bits per heavy atom. The average molecular weight is 394 g/mol. The van der Waals surface area contributed by atoms with Gasteiger partial charge in [0.15, 0.2) is 0 Å². The maximum Gasteiger partial charge on any atom is 0.308 e. The van der Waals surface area contributed by atoms with E-state index in [9.17, 15) is 9.59 Å². The number of ether oxygens (including phenoxy) is 2. The lowest BCUT2D eigenvalue weighted by molar-refractivity contribution is -0.131. The van der Waals surface area contributed by atoms with E-state index in [-0.39, 0.29) is 17.9 Å². The first kappa shape index (κ1) is 19.5. The standard InChI is InChI=1S/C23H26N2O4/c1-15-22(17-10-12-25(15)13-11-17)24-23(27)18-6-8-19(9-7-18)29-21-5-3-4-20(14-21)28-16(2)26/h3-9,14-15,17,22H,10-13H2,1-2H3,(H,24,27)/t15-,22-/m0/s1. The van der Waals surface area contributed by atoms with E-state index in [0.29, 0.717) is 34.8 Å². The van der Waals surface area contributed by atoms with E-state index in [1.807, 2.05) is 0 Å². The second kappa shape index (κ2) is 8.25. The van der Waals surface area contributed by atoms with Crippen LogP contribution < -0.4 is 14.8 Å². The number of piperidine rings is 3. The van der Waals surface area contributed by atoms with Gasteiger partial charge < -0.3 is 14.8 Å². The summed E-state index contributed by atoms with van der Waals surface area (Å²) in [6, 6.07) is 14.6. The van der Waals surface area contributed by atoms with Gasteiger partial charge in [-0.3, -0.25) is 14.5 Å². The summed E-state index contributed by atoms with van der Waals surface area (Å²) in [5.41, 5.74) is 0.620. The van der Waals surface area contributed by atoms with Crippen molar-refractivity contribution in [2.24, 2.45) is 5.92 Å². The first-order valence-corrected chi connectivity index (χ1v) is 10.1. The number of nitrogens with one attached hydrogen (secondary N) is 1. The third kappa shape index (κ3) is 4.43. The van der Waals surface area contributed by atoms with Gasteiger partial charge in [-0.1, -0.05) is 6.07 Å². The Labute approximate surface area is 170 Å². The molecule has 0 spiro atoms. The van der Waals surface area contributed by atoms with Crippen LogP contribution in [0.4, 0.5) is 0 Å². The van der Waals surface area contributed by atoms with Crippen LogP contribution >= 0.6 is 0 Å². The quantitative estimate of drug-likeness (QED) is 0.620. The lowest BCUT2D eigenvalue weighted by Gasteiger charge is -2.49. The summed E-state index contributed by atoms with van der Waals surface area (Å²) in [7, 11) is 0. The molecule has 3 aliphatic rings. The van der Waals surface area contributed by atoms with Crippen molar-refractivity contribution in [3.8, 4) is 17.2 Å². The molecule has 29 heavy (non-hydrogen) atoms. The zero-order chi connectivity index (χ0) is 20.4. The van der Waals surface area contributed by atoms with Crippen molar-refractivity contribution in [3.63, 3.8) is 0 Å². The zero-order valence-electron chi connectivity index (χ0n) is 16.8. The highest BCUT2D eigenvalue weighted by Gasteiger charge is 2.40. The predicted octanol–water partition coefficient (Wildman–Crippen LogP) is 3.62. The molecular weight excluding hydrogens is 368 g/mol. The number of amides is 1. The highest BCUT2D eigenvalue weighted by molar-refractivity contribution is 5.94. The molecule has 0 aliphatic carbocycles. The summed E-state index contributed by atoms with van der Waals surface area (Å²) in [5, 5.41) is 3.24. The Balaban J connectivity index is 1.39. The molecule has 6 nitrogen and oxygen atoms in total.